The highest BCUT2D eigenvalue weighted by Crippen LogP contribution is 2.30. The monoisotopic (exact) mass is 360 g/mol. The first-order valence-electron chi connectivity index (χ1n) is 7.04. The lowest BCUT2D eigenvalue weighted by Gasteiger charge is -2.32. The summed E-state index contributed by atoms with van der Waals surface area (Å²) in [5.74, 6) is 0.594. The highest BCUT2D eigenvalue weighted by atomic mass is 79.9. The molecule has 1 aromatic carbocycles. The molecule has 2 rings (SSSR count). The van der Waals surface area contributed by atoms with Crippen LogP contribution < -0.4 is 5.73 Å². The van der Waals surface area contributed by atoms with Crippen LogP contribution in [0.3, 0.4) is 0 Å². The third kappa shape index (κ3) is 4.18. The van der Waals surface area contributed by atoms with Crippen molar-refractivity contribution < 1.29 is 4.74 Å². The van der Waals surface area contributed by atoms with Crippen LogP contribution in [0.25, 0.3) is 0 Å². The zero-order valence-electron chi connectivity index (χ0n) is 11.8. The van der Waals surface area contributed by atoms with E-state index in [1.54, 1.807) is 0 Å². The quantitative estimate of drug-likeness (QED) is 0.873. The number of halogens is 2. The lowest BCUT2D eigenvalue weighted by atomic mass is 9.99. The molecule has 1 aliphatic rings. The van der Waals surface area contributed by atoms with Crippen molar-refractivity contribution in [2.24, 2.45) is 11.7 Å². The van der Waals surface area contributed by atoms with Crippen molar-refractivity contribution >= 4 is 27.5 Å². The summed E-state index contributed by atoms with van der Waals surface area (Å²) >= 11 is 9.79. The smallest absolute Gasteiger partial charge is 0.0506 e. The van der Waals surface area contributed by atoms with E-state index in [1.807, 2.05) is 12.1 Å². The van der Waals surface area contributed by atoms with Gasteiger partial charge in [0.15, 0.2) is 0 Å². The minimum absolute atomic E-state index is 0.150. The average Bonchev–Trinajstić information content (AvgIpc) is 2.43. The maximum absolute atomic E-state index is 6.35. The van der Waals surface area contributed by atoms with E-state index in [9.17, 15) is 0 Å². The molecule has 1 heterocycles. The van der Waals surface area contributed by atoms with E-state index < -0.39 is 0 Å². The van der Waals surface area contributed by atoms with Crippen molar-refractivity contribution in [3.63, 3.8) is 0 Å². The van der Waals surface area contributed by atoms with Crippen molar-refractivity contribution in [3.05, 3.63) is 33.3 Å². The summed E-state index contributed by atoms with van der Waals surface area (Å²) in [7, 11) is 2.12. The van der Waals surface area contributed by atoms with Crippen LogP contribution in [0.4, 0.5) is 0 Å². The predicted molar refractivity (Wildman–Crippen MR) is 87.1 cm³/mol. The molecule has 0 spiro atoms. The number of benzene rings is 1. The molecule has 1 aromatic rings. The molecule has 1 aliphatic heterocycles. The first-order chi connectivity index (χ1) is 9.61. The zero-order valence-corrected chi connectivity index (χ0v) is 14.2. The molecule has 1 saturated heterocycles. The fourth-order valence-electron chi connectivity index (χ4n) is 2.80. The number of likely N-dealkylation sites (N-methyl/N-ethyl adjacent to an activating group) is 1. The normalized spacial score (nSPS) is 21.1. The van der Waals surface area contributed by atoms with Crippen LogP contribution >= 0.6 is 27.5 Å². The van der Waals surface area contributed by atoms with Gasteiger partial charge in [0.05, 0.1) is 6.61 Å². The maximum Gasteiger partial charge on any atom is 0.0506 e. The molecule has 112 valence electrons. The second-order valence-corrected chi connectivity index (χ2v) is 6.76. The number of nitrogens with zero attached hydrogens (tertiary/aromatic N) is 1. The number of ether oxygens (including phenoxy) is 1. The Balaban J connectivity index is 2.06. The second-order valence-electron chi connectivity index (χ2n) is 5.44. The molecule has 2 atom stereocenters. The molecular weight excluding hydrogens is 340 g/mol. The van der Waals surface area contributed by atoms with Crippen LogP contribution in [0.1, 0.15) is 24.4 Å². The number of hydrogen-bond acceptors (Lipinski definition) is 3. The molecule has 2 unspecified atom stereocenters. The van der Waals surface area contributed by atoms with Gasteiger partial charge in [0.1, 0.15) is 0 Å². The molecule has 0 radical (unpaired) electrons. The van der Waals surface area contributed by atoms with Crippen LogP contribution in [0.15, 0.2) is 22.7 Å². The SMILES string of the molecule is CN(CC1CCCOC1)C(CN)c1ccc(Br)cc1Cl. The van der Waals surface area contributed by atoms with E-state index >= 15 is 0 Å². The third-order valence-corrected chi connectivity index (χ3v) is 4.70. The molecule has 2 N–H and O–H groups in total. The zero-order chi connectivity index (χ0) is 14.5. The molecule has 0 saturated carbocycles. The van der Waals surface area contributed by atoms with Crippen LogP contribution in [0.5, 0.6) is 0 Å². The topological polar surface area (TPSA) is 38.5 Å². The Kier molecular flexibility index (Phi) is 6.30. The van der Waals surface area contributed by atoms with Gasteiger partial charge in [-0.3, -0.25) is 4.90 Å². The van der Waals surface area contributed by atoms with Gasteiger partial charge in [-0.05, 0) is 43.5 Å². The van der Waals surface area contributed by atoms with E-state index in [4.69, 9.17) is 22.1 Å². The summed E-state index contributed by atoms with van der Waals surface area (Å²) in [5, 5.41) is 0.765. The molecule has 0 aromatic heterocycles. The Morgan fingerprint density at radius 3 is 2.95 bits per heavy atom. The molecule has 0 aliphatic carbocycles. The number of hydrogen-bond donors (Lipinski definition) is 1. The van der Waals surface area contributed by atoms with Gasteiger partial charge < -0.3 is 10.5 Å². The van der Waals surface area contributed by atoms with Crippen molar-refractivity contribution in [2.45, 2.75) is 18.9 Å². The second kappa shape index (κ2) is 7.76. The Morgan fingerprint density at radius 2 is 2.35 bits per heavy atom. The average molecular weight is 362 g/mol. The molecular formula is C15H22BrClN2O. The van der Waals surface area contributed by atoms with Crippen molar-refractivity contribution in [2.75, 3.05) is 33.4 Å². The van der Waals surface area contributed by atoms with Gasteiger partial charge in [0, 0.05) is 35.2 Å². The molecule has 5 heteroatoms. The summed E-state index contributed by atoms with van der Waals surface area (Å²) in [6.45, 7) is 3.31. The van der Waals surface area contributed by atoms with Gasteiger partial charge in [0.2, 0.25) is 0 Å². The first-order valence-corrected chi connectivity index (χ1v) is 8.22. The maximum atomic E-state index is 6.35. The van der Waals surface area contributed by atoms with Crippen molar-refractivity contribution in [3.8, 4) is 0 Å². The number of nitrogens with two attached hydrogens (primary N) is 1. The standard InChI is InChI=1S/C15H22BrClN2O/c1-19(9-11-3-2-6-20-10-11)15(8-18)13-5-4-12(16)7-14(13)17/h4-5,7,11,15H,2-3,6,8-10,18H2,1H3. The molecule has 1 fully saturated rings. The van der Waals surface area contributed by atoms with Crippen molar-refractivity contribution in [1.82, 2.24) is 4.90 Å². The van der Waals surface area contributed by atoms with Gasteiger partial charge in [-0.2, -0.15) is 0 Å². The van der Waals surface area contributed by atoms with E-state index in [0.29, 0.717) is 12.5 Å². The Bertz CT molecular complexity index is 438. The van der Waals surface area contributed by atoms with Gasteiger partial charge in [-0.15, -0.1) is 0 Å². The highest BCUT2D eigenvalue weighted by Gasteiger charge is 2.22. The minimum Gasteiger partial charge on any atom is -0.381 e. The molecule has 0 amide bonds. The minimum atomic E-state index is 0.150. The van der Waals surface area contributed by atoms with Crippen LogP contribution in [-0.2, 0) is 4.74 Å². The summed E-state index contributed by atoms with van der Waals surface area (Å²) < 4.78 is 6.54. The van der Waals surface area contributed by atoms with Crippen LogP contribution in [0.2, 0.25) is 5.02 Å². The number of rotatable bonds is 5. The molecule has 0 bridgehead atoms. The summed E-state index contributed by atoms with van der Waals surface area (Å²) in [4.78, 5) is 2.30. The molecule has 3 nitrogen and oxygen atoms in total. The predicted octanol–water partition coefficient (Wildman–Crippen LogP) is 3.46. The van der Waals surface area contributed by atoms with Gasteiger partial charge in [0.25, 0.3) is 0 Å². The largest absolute Gasteiger partial charge is 0.381 e. The molecule has 20 heavy (non-hydrogen) atoms. The Hall–Kier alpha value is -0.130. The fourth-order valence-corrected chi connectivity index (χ4v) is 3.60. The summed E-state index contributed by atoms with van der Waals surface area (Å²) in [6, 6.07) is 6.15. The summed E-state index contributed by atoms with van der Waals surface area (Å²) in [5.41, 5.74) is 7.07. The van der Waals surface area contributed by atoms with Gasteiger partial charge >= 0.3 is 0 Å². The van der Waals surface area contributed by atoms with Gasteiger partial charge in [-0.1, -0.05) is 33.6 Å². The van der Waals surface area contributed by atoms with E-state index in [2.05, 4.69) is 33.9 Å². The Morgan fingerprint density at radius 1 is 1.55 bits per heavy atom. The Labute approximate surface area is 134 Å². The van der Waals surface area contributed by atoms with E-state index in [0.717, 1.165) is 41.2 Å². The van der Waals surface area contributed by atoms with Crippen molar-refractivity contribution in [1.29, 1.82) is 0 Å². The van der Waals surface area contributed by atoms with E-state index in [1.165, 1.54) is 6.42 Å². The van der Waals surface area contributed by atoms with Crippen LogP contribution in [-0.4, -0.2) is 38.3 Å². The van der Waals surface area contributed by atoms with E-state index in [-0.39, 0.29) is 6.04 Å². The summed E-state index contributed by atoms with van der Waals surface area (Å²) in [6.07, 6.45) is 2.39. The van der Waals surface area contributed by atoms with Gasteiger partial charge in [-0.25, -0.2) is 0 Å². The fraction of sp³-hybridized carbons (Fsp3) is 0.600. The lowest BCUT2D eigenvalue weighted by Crippen LogP contribution is -2.36. The first kappa shape index (κ1) is 16.2. The van der Waals surface area contributed by atoms with Crippen LogP contribution in [0, 0.1) is 5.92 Å². The lowest BCUT2D eigenvalue weighted by molar-refractivity contribution is 0.0365. The highest BCUT2D eigenvalue weighted by molar-refractivity contribution is 9.10. The third-order valence-electron chi connectivity index (χ3n) is 3.88.